The van der Waals surface area contributed by atoms with Gasteiger partial charge in [0, 0.05) is 29.4 Å². The fourth-order valence-electron chi connectivity index (χ4n) is 4.41. The quantitative estimate of drug-likeness (QED) is 0.833. The first kappa shape index (κ1) is 16.4. The Balaban J connectivity index is 1.72. The van der Waals surface area contributed by atoms with Gasteiger partial charge in [0.1, 0.15) is 16.8 Å². The van der Waals surface area contributed by atoms with Crippen LogP contribution in [-0.4, -0.2) is 43.8 Å². The minimum absolute atomic E-state index is 0.156. The summed E-state index contributed by atoms with van der Waals surface area (Å²) in [5.74, 6) is 0. The topological polar surface area (TPSA) is 78.5 Å². The lowest BCUT2D eigenvalue weighted by Gasteiger charge is -2.45. The molecule has 0 saturated carbocycles. The van der Waals surface area contributed by atoms with E-state index in [4.69, 9.17) is 4.74 Å². The second-order valence-corrected chi connectivity index (χ2v) is 8.20. The minimum Gasteiger partial charge on any atom is -0.444 e. The molecule has 6 heteroatoms. The zero-order valence-corrected chi connectivity index (χ0v) is 15.0. The van der Waals surface area contributed by atoms with Gasteiger partial charge in [-0.15, -0.1) is 0 Å². The molecule has 134 valence electrons. The second-order valence-electron chi connectivity index (χ2n) is 8.20. The van der Waals surface area contributed by atoms with Crippen LogP contribution in [0.25, 0.3) is 11.0 Å². The fourth-order valence-corrected chi connectivity index (χ4v) is 4.41. The first-order chi connectivity index (χ1) is 11.8. The molecule has 2 fully saturated rings. The first-order valence-electron chi connectivity index (χ1n) is 8.96. The van der Waals surface area contributed by atoms with Gasteiger partial charge in [0.15, 0.2) is 0 Å². The van der Waals surface area contributed by atoms with E-state index < -0.39 is 11.2 Å². The van der Waals surface area contributed by atoms with E-state index in [-0.39, 0.29) is 18.2 Å². The molecule has 25 heavy (non-hydrogen) atoms. The monoisotopic (exact) mass is 343 g/mol. The molecule has 0 aromatic carbocycles. The maximum Gasteiger partial charge on any atom is 0.410 e. The largest absolute Gasteiger partial charge is 0.444 e. The Kier molecular flexibility index (Phi) is 3.58. The molecule has 2 aliphatic heterocycles. The number of aromatic amines is 1. The van der Waals surface area contributed by atoms with Gasteiger partial charge in [-0.05, 0) is 58.6 Å². The number of rotatable bonds is 1. The number of ether oxygens (including phenoxy) is 1. The zero-order valence-electron chi connectivity index (χ0n) is 15.0. The van der Waals surface area contributed by atoms with Crippen LogP contribution in [0.3, 0.4) is 0 Å². The molecule has 2 aliphatic rings. The molecule has 2 bridgehead atoms. The van der Waals surface area contributed by atoms with Crippen molar-refractivity contribution in [2.45, 2.75) is 69.7 Å². The summed E-state index contributed by atoms with van der Waals surface area (Å²) in [6, 6.07) is 3.73. The number of piperidine rings is 1. The van der Waals surface area contributed by atoms with Crippen molar-refractivity contribution in [1.29, 1.82) is 0 Å². The van der Waals surface area contributed by atoms with Crippen LogP contribution >= 0.6 is 0 Å². The van der Waals surface area contributed by atoms with Gasteiger partial charge in [0.25, 0.3) is 0 Å². The Bertz CT molecular complexity index is 810. The number of carbonyl (C=O) groups excluding carboxylic acids is 1. The fraction of sp³-hybridized carbons (Fsp3) is 0.579. The summed E-state index contributed by atoms with van der Waals surface area (Å²) in [5, 5.41) is 12.6. The molecule has 2 aromatic heterocycles. The second kappa shape index (κ2) is 5.46. The van der Waals surface area contributed by atoms with E-state index in [1.165, 1.54) is 0 Å². The molecule has 4 heterocycles. The number of fused-ring (bicyclic) bond motifs is 3. The Morgan fingerprint density at radius 2 is 2.20 bits per heavy atom. The molecule has 3 atom stereocenters. The van der Waals surface area contributed by atoms with Gasteiger partial charge in [-0.25, -0.2) is 9.78 Å². The number of hydrogen-bond donors (Lipinski definition) is 2. The number of amides is 1. The maximum atomic E-state index is 12.8. The zero-order chi connectivity index (χ0) is 17.8. The van der Waals surface area contributed by atoms with E-state index in [0.717, 1.165) is 35.9 Å². The molecule has 6 nitrogen and oxygen atoms in total. The van der Waals surface area contributed by atoms with Gasteiger partial charge in [-0.2, -0.15) is 0 Å². The van der Waals surface area contributed by atoms with Crippen LogP contribution in [0.1, 0.15) is 52.0 Å². The highest BCUT2D eigenvalue weighted by molar-refractivity contribution is 5.81. The summed E-state index contributed by atoms with van der Waals surface area (Å²) >= 11 is 0. The van der Waals surface area contributed by atoms with Crippen LogP contribution in [0.2, 0.25) is 0 Å². The predicted octanol–water partition coefficient (Wildman–Crippen LogP) is 3.31. The summed E-state index contributed by atoms with van der Waals surface area (Å²) in [6.07, 6.45) is 6.36. The van der Waals surface area contributed by atoms with Crippen LogP contribution in [0.4, 0.5) is 4.79 Å². The average molecular weight is 343 g/mol. The minimum atomic E-state index is -1.08. The Labute approximate surface area is 147 Å². The first-order valence-corrected chi connectivity index (χ1v) is 8.96. The number of aliphatic hydroxyl groups is 1. The molecular weight excluding hydrogens is 318 g/mol. The highest BCUT2D eigenvalue weighted by Gasteiger charge is 2.55. The van der Waals surface area contributed by atoms with E-state index in [2.05, 4.69) is 9.97 Å². The standard InChI is InChI=1S/C19H25N3O3/c1-18(2,3)25-17(23)22-12-6-7-15(22)19(24,9-8-12)14-11-21-16-13(14)5-4-10-20-16/h4-5,10-12,15,24H,6-9H2,1-3H3,(H,20,21). The smallest absolute Gasteiger partial charge is 0.410 e. The Morgan fingerprint density at radius 1 is 1.40 bits per heavy atom. The molecule has 2 saturated heterocycles. The van der Waals surface area contributed by atoms with Crippen molar-refractivity contribution >= 4 is 17.1 Å². The van der Waals surface area contributed by atoms with Crippen LogP contribution in [0.15, 0.2) is 24.5 Å². The van der Waals surface area contributed by atoms with Crippen molar-refractivity contribution in [1.82, 2.24) is 14.9 Å². The SMILES string of the molecule is CC(C)(C)OC(=O)N1C2CCC1C(O)(c1c[nH]c3ncccc13)CC2. The molecule has 0 radical (unpaired) electrons. The lowest BCUT2D eigenvalue weighted by atomic mass is 9.80. The number of nitrogens with zero attached hydrogens (tertiary/aromatic N) is 2. The molecule has 0 aliphatic carbocycles. The van der Waals surface area contributed by atoms with Crippen LogP contribution in [0.5, 0.6) is 0 Å². The molecule has 4 rings (SSSR count). The van der Waals surface area contributed by atoms with E-state index in [9.17, 15) is 9.90 Å². The number of pyridine rings is 1. The highest BCUT2D eigenvalue weighted by Crippen LogP contribution is 2.48. The third kappa shape index (κ3) is 2.59. The number of hydrogen-bond acceptors (Lipinski definition) is 4. The van der Waals surface area contributed by atoms with Gasteiger partial charge in [-0.3, -0.25) is 4.90 Å². The van der Waals surface area contributed by atoms with E-state index in [1.807, 2.05) is 39.1 Å². The number of nitrogens with one attached hydrogen (secondary N) is 1. The highest BCUT2D eigenvalue weighted by atomic mass is 16.6. The van der Waals surface area contributed by atoms with Crippen molar-refractivity contribution in [2.75, 3.05) is 0 Å². The van der Waals surface area contributed by atoms with Crippen molar-refractivity contribution in [3.05, 3.63) is 30.1 Å². The van der Waals surface area contributed by atoms with Crippen LogP contribution in [0, 0.1) is 0 Å². The van der Waals surface area contributed by atoms with Crippen molar-refractivity contribution in [2.24, 2.45) is 0 Å². The summed E-state index contributed by atoms with van der Waals surface area (Å²) in [4.78, 5) is 22.0. The number of carbonyl (C=O) groups is 1. The summed E-state index contributed by atoms with van der Waals surface area (Å²) < 4.78 is 5.61. The van der Waals surface area contributed by atoms with E-state index in [1.54, 1.807) is 11.1 Å². The molecule has 3 unspecified atom stereocenters. The van der Waals surface area contributed by atoms with Gasteiger partial charge in [0.2, 0.25) is 0 Å². The molecule has 2 aromatic rings. The molecule has 1 amide bonds. The van der Waals surface area contributed by atoms with Gasteiger partial charge in [-0.1, -0.05) is 0 Å². The molecule has 0 spiro atoms. The van der Waals surface area contributed by atoms with Crippen LogP contribution in [-0.2, 0) is 10.3 Å². The Morgan fingerprint density at radius 3 is 2.96 bits per heavy atom. The summed E-state index contributed by atoms with van der Waals surface area (Å²) in [6.45, 7) is 5.61. The number of H-pyrrole nitrogens is 1. The van der Waals surface area contributed by atoms with Crippen LogP contribution < -0.4 is 0 Å². The third-order valence-corrected chi connectivity index (χ3v) is 5.43. The lowest BCUT2D eigenvalue weighted by molar-refractivity contribution is -0.0840. The molecule has 2 N–H and O–H groups in total. The maximum absolute atomic E-state index is 12.8. The normalized spacial score (nSPS) is 29.2. The van der Waals surface area contributed by atoms with E-state index >= 15 is 0 Å². The van der Waals surface area contributed by atoms with E-state index in [0.29, 0.717) is 6.42 Å². The van der Waals surface area contributed by atoms with Gasteiger partial charge >= 0.3 is 6.09 Å². The van der Waals surface area contributed by atoms with Crippen molar-refractivity contribution in [3.63, 3.8) is 0 Å². The molecular formula is C19H25N3O3. The van der Waals surface area contributed by atoms with Crippen molar-refractivity contribution < 1.29 is 14.6 Å². The van der Waals surface area contributed by atoms with Gasteiger partial charge < -0.3 is 14.8 Å². The predicted molar refractivity (Wildman–Crippen MR) is 94.1 cm³/mol. The number of aromatic nitrogens is 2. The average Bonchev–Trinajstić information content (AvgIpc) is 3.12. The summed E-state index contributed by atoms with van der Waals surface area (Å²) in [7, 11) is 0. The Hall–Kier alpha value is -2.08. The van der Waals surface area contributed by atoms with Gasteiger partial charge in [0.05, 0.1) is 6.04 Å². The third-order valence-electron chi connectivity index (χ3n) is 5.43. The lowest BCUT2D eigenvalue weighted by Crippen LogP contribution is -2.56. The summed E-state index contributed by atoms with van der Waals surface area (Å²) in [5.41, 5.74) is -0.0357. The van der Waals surface area contributed by atoms with Crippen molar-refractivity contribution in [3.8, 4) is 0 Å².